The maximum absolute atomic E-state index is 12.8. The minimum absolute atomic E-state index is 0.0316. The second kappa shape index (κ2) is 8.18. The first-order valence-corrected chi connectivity index (χ1v) is 10.5. The van der Waals surface area contributed by atoms with Crippen LogP contribution in [-0.2, 0) is 0 Å². The lowest BCUT2D eigenvalue weighted by Gasteiger charge is -2.33. The number of aromatic nitrogens is 3. The first-order valence-electron chi connectivity index (χ1n) is 10.5. The van der Waals surface area contributed by atoms with Gasteiger partial charge in [0.15, 0.2) is 5.82 Å². The maximum atomic E-state index is 12.8. The Morgan fingerprint density at radius 2 is 2.03 bits per heavy atom. The minimum atomic E-state index is -0.0316. The lowest BCUT2D eigenvalue weighted by atomic mass is 10.0. The lowest BCUT2D eigenvalue weighted by Crippen LogP contribution is -2.48. The Morgan fingerprint density at radius 3 is 2.87 bits per heavy atom. The Bertz CT molecular complexity index is 1190. The van der Waals surface area contributed by atoms with Crippen LogP contribution in [0.3, 0.4) is 0 Å². The highest BCUT2D eigenvalue weighted by Crippen LogP contribution is 2.26. The maximum Gasteiger partial charge on any atom is 0.251 e. The van der Waals surface area contributed by atoms with E-state index in [0.29, 0.717) is 5.56 Å². The number of amides is 1. The number of rotatable bonds is 5. The van der Waals surface area contributed by atoms with Crippen LogP contribution in [-0.4, -0.2) is 47.3 Å². The summed E-state index contributed by atoms with van der Waals surface area (Å²) < 4.78 is 5.23. The third-order valence-electron chi connectivity index (χ3n) is 5.86. The SMILES string of the molecule is COc1ccc(-c2cc(N3CCC[C@H](NC(=O)c4ccc5[nH]ccc5c4)C3)n[nH]2)cc1. The highest BCUT2D eigenvalue weighted by atomic mass is 16.5. The van der Waals surface area contributed by atoms with Crippen LogP contribution in [0.15, 0.2) is 60.8 Å². The number of piperidine rings is 1. The topological polar surface area (TPSA) is 86.0 Å². The van der Waals surface area contributed by atoms with Crippen LogP contribution in [0.2, 0.25) is 0 Å². The minimum Gasteiger partial charge on any atom is -0.497 e. The van der Waals surface area contributed by atoms with Crippen molar-refractivity contribution in [1.29, 1.82) is 0 Å². The number of fused-ring (bicyclic) bond motifs is 1. The van der Waals surface area contributed by atoms with Crippen molar-refractivity contribution in [3.63, 3.8) is 0 Å². The van der Waals surface area contributed by atoms with Crippen molar-refractivity contribution in [2.24, 2.45) is 0 Å². The van der Waals surface area contributed by atoms with E-state index in [2.05, 4.69) is 31.5 Å². The summed E-state index contributed by atoms with van der Waals surface area (Å²) in [5, 5.41) is 11.9. The van der Waals surface area contributed by atoms with Crippen LogP contribution >= 0.6 is 0 Å². The fourth-order valence-electron chi connectivity index (χ4n) is 4.16. The molecule has 4 aromatic rings. The Hall–Kier alpha value is -3.74. The van der Waals surface area contributed by atoms with Gasteiger partial charge in [0, 0.05) is 47.9 Å². The van der Waals surface area contributed by atoms with Crippen LogP contribution in [0.25, 0.3) is 22.2 Å². The van der Waals surface area contributed by atoms with Crippen molar-refractivity contribution in [2.75, 3.05) is 25.1 Å². The zero-order chi connectivity index (χ0) is 21.2. The highest BCUT2D eigenvalue weighted by Gasteiger charge is 2.24. The molecule has 1 atom stereocenters. The molecule has 3 N–H and O–H groups in total. The van der Waals surface area contributed by atoms with Gasteiger partial charge in [0.05, 0.1) is 12.8 Å². The van der Waals surface area contributed by atoms with E-state index in [1.165, 1.54) is 0 Å². The third kappa shape index (κ3) is 3.99. The van der Waals surface area contributed by atoms with E-state index in [9.17, 15) is 4.79 Å². The second-order valence-corrected chi connectivity index (χ2v) is 7.91. The molecule has 158 valence electrons. The van der Waals surface area contributed by atoms with Gasteiger partial charge in [-0.05, 0) is 66.9 Å². The van der Waals surface area contributed by atoms with Gasteiger partial charge in [0.1, 0.15) is 5.75 Å². The largest absolute Gasteiger partial charge is 0.497 e. The molecule has 7 heteroatoms. The number of hydrogen-bond acceptors (Lipinski definition) is 4. The van der Waals surface area contributed by atoms with Crippen LogP contribution < -0.4 is 15.0 Å². The number of carbonyl (C=O) groups excluding carboxylic acids is 1. The molecular weight excluding hydrogens is 390 g/mol. The summed E-state index contributed by atoms with van der Waals surface area (Å²) in [7, 11) is 1.66. The molecule has 0 radical (unpaired) electrons. The molecule has 0 unspecified atom stereocenters. The number of hydrogen-bond donors (Lipinski definition) is 3. The monoisotopic (exact) mass is 415 g/mol. The summed E-state index contributed by atoms with van der Waals surface area (Å²) in [6.07, 6.45) is 3.85. The Balaban J connectivity index is 1.25. The molecule has 0 aliphatic carbocycles. The summed E-state index contributed by atoms with van der Waals surface area (Å²) in [6, 6.07) is 17.8. The number of aromatic amines is 2. The van der Waals surface area contributed by atoms with Gasteiger partial charge in [0.25, 0.3) is 5.91 Å². The number of carbonyl (C=O) groups is 1. The average Bonchev–Trinajstić information content (AvgIpc) is 3.49. The predicted molar refractivity (Wildman–Crippen MR) is 122 cm³/mol. The first kappa shape index (κ1) is 19.2. The van der Waals surface area contributed by atoms with Gasteiger partial charge >= 0.3 is 0 Å². The predicted octanol–water partition coefficient (Wildman–Crippen LogP) is 3.97. The molecular formula is C24H25N5O2. The van der Waals surface area contributed by atoms with E-state index in [-0.39, 0.29) is 11.9 Å². The second-order valence-electron chi connectivity index (χ2n) is 7.91. The van der Waals surface area contributed by atoms with Crippen LogP contribution in [0.1, 0.15) is 23.2 Å². The van der Waals surface area contributed by atoms with Gasteiger partial charge in [-0.3, -0.25) is 9.89 Å². The molecule has 1 amide bonds. The summed E-state index contributed by atoms with van der Waals surface area (Å²) in [5.41, 5.74) is 3.74. The molecule has 7 nitrogen and oxygen atoms in total. The number of ether oxygens (including phenoxy) is 1. The van der Waals surface area contributed by atoms with E-state index < -0.39 is 0 Å². The fourth-order valence-corrected chi connectivity index (χ4v) is 4.16. The Morgan fingerprint density at radius 1 is 1.16 bits per heavy atom. The van der Waals surface area contributed by atoms with Crippen molar-refractivity contribution in [3.05, 3.63) is 66.4 Å². The summed E-state index contributed by atoms with van der Waals surface area (Å²) in [6.45, 7) is 1.67. The summed E-state index contributed by atoms with van der Waals surface area (Å²) in [5.74, 6) is 1.70. The zero-order valence-corrected chi connectivity index (χ0v) is 17.4. The smallest absolute Gasteiger partial charge is 0.251 e. The third-order valence-corrected chi connectivity index (χ3v) is 5.86. The molecule has 2 aromatic carbocycles. The number of H-pyrrole nitrogens is 2. The van der Waals surface area contributed by atoms with Gasteiger partial charge < -0.3 is 19.9 Å². The molecule has 1 aliphatic rings. The van der Waals surface area contributed by atoms with Crippen molar-refractivity contribution < 1.29 is 9.53 Å². The van der Waals surface area contributed by atoms with E-state index in [1.807, 2.05) is 54.7 Å². The van der Waals surface area contributed by atoms with Crippen molar-refractivity contribution >= 4 is 22.6 Å². The van der Waals surface area contributed by atoms with Gasteiger partial charge in [-0.1, -0.05) is 0 Å². The van der Waals surface area contributed by atoms with Crippen molar-refractivity contribution in [2.45, 2.75) is 18.9 Å². The van der Waals surface area contributed by atoms with Crippen LogP contribution in [0.4, 0.5) is 5.82 Å². The molecule has 1 saturated heterocycles. The van der Waals surface area contributed by atoms with Gasteiger partial charge in [-0.15, -0.1) is 0 Å². The first-order chi connectivity index (χ1) is 15.2. The molecule has 3 heterocycles. The van der Waals surface area contributed by atoms with Crippen LogP contribution in [0.5, 0.6) is 5.75 Å². The average molecular weight is 415 g/mol. The lowest BCUT2D eigenvalue weighted by molar-refractivity contribution is 0.0933. The van der Waals surface area contributed by atoms with Gasteiger partial charge in [-0.2, -0.15) is 5.10 Å². The van der Waals surface area contributed by atoms with E-state index >= 15 is 0 Å². The molecule has 0 bridgehead atoms. The molecule has 5 rings (SSSR count). The molecule has 1 fully saturated rings. The summed E-state index contributed by atoms with van der Waals surface area (Å²) >= 11 is 0. The van der Waals surface area contributed by atoms with E-state index in [4.69, 9.17) is 4.74 Å². The number of methoxy groups -OCH3 is 1. The normalized spacial score (nSPS) is 16.4. The number of nitrogens with one attached hydrogen (secondary N) is 3. The molecule has 31 heavy (non-hydrogen) atoms. The Kier molecular flexibility index (Phi) is 5.08. The zero-order valence-electron chi connectivity index (χ0n) is 17.4. The molecule has 0 saturated carbocycles. The Labute approximate surface area is 180 Å². The number of benzene rings is 2. The van der Waals surface area contributed by atoms with Crippen molar-refractivity contribution in [1.82, 2.24) is 20.5 Å². The standard InChI is InChI=1S/C24H25N5O2/c1-31-20-7-4-16(5-8-20)22-14-23(28-27-22)29-12-2-3-19(15-29)26-24(30)18-6-9-21-17(13-18)10-11-25-21/h4-11,13-14,19,25H,2-3,12,15H2,1H3,(H,26,30)(H,27,28)/t19-/m0/s1. The van der Waals surface area contributed by atoms with E-state index in [1.54, 1.807) is 7.11 Å². The highest BCUT2D eigenvalue weighted by molar-refractivity contribution is 5.98. The molecule has 0 spiro atoms. The molecule has 1 aliphatic heterocycles. The number of nitrogens with zero attached hydrogens (tertiary/aromatic N) is 2. The van der Waals surface area contributed by atoms with E-state index in [0.717, 1.165) is 59.7 Å². The number of anilines is 1. The quantitative estimate of drug-likeness (QED) is 0.460. The van der Waals surface area contributed by atoms with Crippen molar-refractivity contribution in [3.8, 4) is 17.0 Å². The fraction of sp³-hybridized carbons (Fsp3) is 0.250. The van der Waals surface area contributed by atoms with Crippen LogP contribution in [0, 0.1) is 0 Å². The van der Waals surface area contributed by atoms with Gasteiger partial charge in [-0.25, -0.2) is 0 Å². The summed E-state index contributed by atoms with van der Waals surface area (Å²) in [4.78, 5) is 18.2. The molecule has 2 aromatic heterocycles. The van der Waals surface area contributed by atoms with Gasteiger partial charge in [0.2, 0.25) is 0 Å².